The third kappa shape index (κ3) is 4.99. The van der Waals surface area contributed by atoms with Crippen LogP contribution in [0.15, 0.2) is 76.0 Å². The fraction of sp³-hybridized carbons (Fsp3) is 0.280. The second-order valence-electron chi connectivity index (χ2n) is 7.76. The van der Waals surface area contributed by atoms with Gasteiger partial charge < -0.3 is 19.7 Å². The van der Waals surface area contributed by atoms with Gasteiger partial charge in [-0.2, -0.15) is 0 Å². The van der Waals surface area contributed by atoms with Crippen molar-refractivity contribution in [3.05, 3.63) is 82.3 Å². The van der Waals surface area contributed by atoms with E-state index in [1.54, 1.807) is 20.2 Å². The summed E-state index contributed by atoms with van der Waals surface area (Å²) in [6.45, 7) is 2.29. The summed E-state index contributed by atoms with van der Waals surface area (Å²) < 4.78 is 10.5. The van der Waals surface area contributed by atoms with Gasteiger partial charge in [-0.15, -0.1) is 0 Å². The first-order valence-electron chi connectivity index (χ1n) is 10.8. The van der Waals surface area contributed by atoms with E-state index in [2.05, 4.69) is 15.3 Å². The zero-order chi connectivity index (χ0) is 24.1. The van der Waals surface area contributed by atoms with Crippen LogP contribution in [0, 0.1) is 0 Å². The van der Waals surface area contributed by atoms with Gasteiger partial charge in [-0.25, -0.2) is 9.79 Å². The van der Waals surface area contributed by atoms with Crippen molar-refractivity contribution in [2.45, 2.75) is 25.8 Å². The van der Waals surface area contributed by atoms with Crippen LogP contribution in [-0.2, 0) is 20.7 Å². The summed E-state index contributed by atoms with van der Waals surface area (Å²) in [5, 5.41) is 5.59. The molecule has 1 atom stereocenters. The molecule has 0 aliphatic carbocycles. The van der Waals surface area contributed by atoms with Gasteiger partial charge in [0.2, 0.25) is 5.91 Å². The van der Waals surface area contributed by atoms with Crippen molar-refractivity contribution < 1.29 is 19.1 Å². The minimum Gasteiger partial charge on any atom is -0.497 e. The number of esters is 1. The molecule has 0 radical (unpaired) electrons. The molecule has 0 unspecified atom stereocenters. The van der Waals surface area contributed by atoms with E-state index in [9.17, 15) is 9.59 Å². The number of amides is 1. The maximum Gasteiger partial charge on any atom is 0.338 e. The van der Waals surface area contributed by atoms with E-state index in [1.165, 1.54) is 18.9 Å². The number of thioether (sulfide) groups is 1. The van der Waals surface area contributed by atoms with Crippen molar-refractivity contribution in [1.82, 2.24) is 15.2 Å². The first-order valence-corrected chi connectivity index (χ1v) is 11.7. The predicted octanol–water partition coefficient (Wildman–Crippen LogP) is 3.59. The lowest BCUT2D eigenvalue weighted by Gasteiger charge is -2.36. The smallest absolute Gasteiger partial charge is 0.338 e. The number of benzene rings is 1. The highest BCUT2D eigenvalue weighted by Crippen LogP contribution is 2.45. The number of allylic oxidation sites excluding steroid dienone is 1. The van der Waals surface area contributed by atoms with Crippen molar-refractivity contribution in [3.8, 4) is 5.75 Å². The molecule has 2 aromatic rings. The molecule has 3 heterocycles. The Hall–Kier alpha value is -3.59. The molecule has 4 rings (SSSR count). The minimum absolute atomic E-state index is 0.112. The molecule has 8 nitrogen and oxygen atoms in total. The zero-order valence-corrected chi connectivity index (χ0v) is 20.1. The van der Waals surface area contributed by atoms with Gasteiger partial charge in [-0.3, -0.25) is 9.78 Å². The van der Waals surface area contributed by atoms with Gasteiger partial charge in [0, 0.05) is 30.6 Å². The number of aliphatic imine (C=N–C) groups is 1. The van der Waals surface area contributed by atoms with E-state index in [0.29, 0.717) is 35.2 Å². The summed E-state index contributed by atoms with van der Waals surface area (Å²) in [6.07, 6.45) is 2.54. The number of hydrogen-bond acceptors (Lipinski definition) is 8. The lowest BCUT2D eigenvalue weighted by Crippen LogP contribution is -2.38. The lowest BCUT2D eigenvalue weighted by molar-refractivity contribution is -0.136. The van der Waals surface area contributed by atoms with E-state index in [-0.39, 0.29) is 12.3 Å². The third-order valence-corrected chi connectivity index (χ3v) is 6.48. The minimum atomic E-state index is -0.488. The Morgan fingerprint density at radius 3 is 2.76 bits per heavy atom. The van der Waals surface area contributed by atoms with Crippen LogP contribution in [-0.4, -0.2) is 47.7 Å². The average Bonchev–Trinajstić information content (AvgIpc) is 3.25. The molecule has 2 aliphatic heterocycles. The number of aromatic nitrogens is 1. The van der Waals surface area contributed by atoms with Crippen LogP contribution in [0.1, 0.15) is 30.6 Å². The van der Waals surface area contributed by atoms with Crippen molar-refractivity contribution in [1.29, 1.82) is 0 Å². The maximum atomic E-state index is 12.8. The number of carbonyl (C=O) groups is 2. The van der Waals surface area contributed by atoms with E-state index in [1.807, 2.05) is 52.8 Å². The Balaban J connectivity index is 1.56. The summed E-state index contributed by atoms with van der Waals surface area (Å²) in [5.74, 6) is 0.108. The molecule has 0 spiro atoms. The van der Waals surface area contributed by atoms with Gasteiger partial charge >= 0.3 is 5.97 Å². The second kappa shape index (κ2) is 10.6. The van der Waals surface area contributed by atoms with Crippen molar-refractivity contribution in [2.24, 2.45) is 4.99 Å². The molecule has 1 aromatic carbocycles. The van der Waals surface area contributed by atoms with Crippen LogP contribution in [0.3, 0.4) is 0 Å². The SMILES string of the molecule is COC(=O)C1=C(C)N=C2SC=C(CC(=O)NCCc3ccccn3)N2[C@H]1c1cccc(OC)c1. The van der Waals surface area contributed by atoms with Crippen LogP contribution in [0.5, 0.6) is 5.75 Å². The van der Waals surface area contributed by atoms with Crippen LogP contribution in [0.4, 0.5) is 0 Å². The number of amidine groups is 1. The molecule has 176 valence electrons. The monoisotopic (exact) mass is 478 g/mol. The number of ether oxygens (including phenoxy) is 2. The summed E-state index contributed by atoms with van der Waals surface area (Å²) in [5.41, 5.74) is 3.55. The number of hydrogen-bond donors (Lipinski definition) is 1. The van der Waals surface area contributed by atoms with Crippen molar-refractivity contribution in [2.75, 3.05) is 20.8 Å². The van der Waals surface area contributed by atoms with Crippen molar-refractivity contribution >= 4 is 28.8 Å². The number of methoxy groups -OCH3 is 2. The number of rotatable bonds is 8. The van der Waals surface area contributed by atoms with Gasteiger partial charge in [0.05, 0.1) is 38.0 Å². The molecule has 0 fully saturated rings. The summed E-state index contributed by atoms with van der Waals surface area (Å²) in [7, 11) is 2.95. The summed E-state index contributed by atoms with van der Waals surface area (Å²) in [4.78, 5) is 36.4. The number of nitrogens with one attached hydrogen (secondary N) is 1. The third-order valence-electron chi connectivity index (χ3n) is 5.59. The Bertz CT molecular complexity index is 1180. The zero-order valence-electron chi connectivity index (χ0n) is 19.3. The first-order chi connectivity index (χ1) is 16.5. The molecule has 9 heteroatoms. The predicted molar refractivity (Wildman–Crippen MR) is 131 cm³/mol. The van der Waals surface area contributed by atoms with E-state index < -0.39 is 12.0 Å². The second-order valence-corrected chi connectivity index (χ2v) is 8.60. The average molecular weight is 479 g/mol. The number of carbonyl (C=O) groups excluding carboxylic acids is 2. The highest BCUT2D eigenvalue weighted by molar-refractivity contribution is 8.16. The van der Waals surface area contributed by atoms with Crippen LogP contribution >= 0.6 is 11.8 Å². The standard InChI is InChI=1S/C25H26N4O4S/c1-16-22(24(31)33-3)23(17-7-6-9-20(13-17)32-2)29-19(15-34-25(29)28-16)14-21(30)27-12-10-18-8-4-5-11-26-18/h4-9,11,13,15,23H,10,12,14H2,1-3H3,(H,27,30)/t23-/m0/s1. The summed E-state index contributed by atoms with van der Waals surface area (Å²) >= 11 is 1.44. The van der Waals surface area contributed by atoms with E-state index >= 15 is 0 Å². The van der Waals surface area contributed by atoms with Gasteiger partial charge in [0.25, 0.3) is 0 Å². The lowest BCUT2D eigenvalue weighted by atomic mass is 9.93. The number of pyridine rings is 1. The molecule has 34 heavy (non-hydrogen) atoms. The number of nitrogens with zero attached hydrogens (tertiary/aromatic N) is 3. The van der Waals surface area contributed by atoms with Gasteiger partial charge in [0.15, 0.2) is 5.17 Å². The van der Waals surface area contributed by atoms with Crippen LogP contribution in [0.25, 0.3) is 0 Å². The Kier molecular flexibility index (Phi) is 7.32. The van der Waals surface area contributed by atoms with Crippen LogP contribution in [0.2, 0.25) is 0 Å². The molecular formula is C25H26N4O4S. The first kappa shape index (κ1) is 23.6. The molecule has 1 amide bonds. The fourth-order valence-electron chi connectivity index (χ4n) is 3.97. The molecule has 1 aromatic heterocycles. The van der Waals surface area contributed by atoms with Gasteiger partial charge in [0.1, 0.15) is 5.75 Å². The maximum absolute atomic E-state index is 12.8. The van der Waals surface area contributed by atoms with E-state index in [4.69, 9.17) is 9.47 Å². The largest absolute Gasteiger partial charge is 0.497 e. The highest BCUT2D eigenvalue weighted by Gasteiger charge is 2.41. The molecule has 0 bridgehead atoms. The Labute approximate surface area is 202 Å². The summed E-state index contributed by atoms with van der Waals surface area (Å²) in [6, 6.07) is 12.8. The van der Waals surface area contributed by atoms with Gasteiger partial charge in [-0.1, -0.05) is 30.0 Å². The Morgan fingerprint density at radius 2 is 2.03 bits per heavy atom. The fourth-order valence-corrected chi connectivity index (χ4v) is 4.93. The van der Waals surface area contributed by atoms with Gasteiger partial charge in [-0.05, 0) is 42.2 Å². The molecule has 0 saturated carbocycles. The molecular weight excluding hydrogens is 452 g/mol. The molecule has 0 saturated heterocycles. The highest BCUT2D eigenvalue weighted by atomic mass is 32.2. The van der Waals surface area contributed by atoms with E-state index in [0.717, 1.165) is 17.0 Å². The molecule has 1 N–H and O–H groups in total. The van der Waals surface area contributed by atoms with Crippen molar-refractivity contribution in [3.63, 3.8) is 0 Å². The topological polar surface area (TPSA) is 93.1 Å². The Morgan fingerprint density at radius 1 is 1.18 bits per heavy atom. The molecule has 2 aliphatic rings. The number of fused-ring (bicyclic) bond motifs is 1. The van der Waals surface area contributed by atoms with Crippen LogP contribution < -0.4 is 10.1 Å². The quantitative estimate of drug-likeness (QED) is 0.580. The normalized spacial score (nSPS) is 17.0.